The molecule has 0 fully saturated rings. The molecule has 24 heavy (non-hydrogen) atoms. The van der Waals surface area contributed by atoms with Crippen LogP contribution in [0.3, 0.4) is 0 Å². The van der Waals surface area contributed by atoms with E-state index in [9.17, 15) is 15.2 Å². The molecular weight excluding hydrogens is 312 g/mol. The molecular formula is C17H18N2O5. The molecule has 1 heterocycles. The second-order valence-electron chi connectivity index (χ2n) is 5.64. The van der Waals surface area contributed by atoms with Crippen molar-refractivity contribution in [3.8, 4) is 17.2 Å². The van der Waals surface area contributed by atoms with Crippen molar-refractivity contribution < 1.29 is 24.8 Å². The first-order valence-corrected chi connectivity index (χ1v) is 7.58. The minimum Gasteiger partial charge on any atom is -0.872 e. The van der Waals surface area contributed by atoms with Crippen LogP contribution < -0.4 is 19.9 Å². The van der Waals surface area contributed by atoms with Crippen molar-refractivity contribution in [1.82, 2.24) is 0 Å². The van der Waals surface area contributed by atoms with Crippen molar-refractivity contribution in [2.24, 2.45) is 0 Å². The van der Waals surface area contributed by atoms with Gasteiger partial charge in [-0.1, -0.05) is 11.8 Å². The maximum absolute atomic E-state index is 12.3. The summed E-state index contributed by atoms with van der Waals surface area (Å²) >= 11 is 0. The smallest absolute Gasteiger partial charge is 0.269 e. The largest absolute Gasteiger partial charge is 0.872 e. The van der Waals surface area contributed by atoms with Gasteiger partial charge in [0.15, 0.2) is 11.5 Å². The van der Waals surface area contributed by atoms with Crippen LogP contribution in [0, 0.1) is 10.1 Å². The minimum atomic E-state index is -0.485. The Morgan fingerprint density at radius 2 is 1.83 bits per heavy atom. The average molecular weight is 330 g/mol. The lowest BCUT2D eigenvalue weighted by atomic mass is 9.88. The van der Waals surface area contributed by atoms with E-state index in [0.717, 1.165) is 24.1 Å². The highest BCUT2D eigenvalue weighted by atomic mass is 16.6. The van der Waals surface area contributed by atoms with E-state index < -0.39 is 4.92 Å². The summed E-state index contributed by atoms with van der Waals surface area (Å²) in [6, 6.07) is 7.35. The fourth-order valence-electron chi connectivity index (χ4n) is 3.16. The Bertz CT molecular complexity index is 791. The Kier molecular flexibility index (Phi) is 4.26. The summed E-state index contributed by atoms with van der Waals surface area (Å²) in [7, 11) is 3.13. The molecule has 0 saturated carbocycles. The van der Waals surface area contributed by atoms with E-state index in [2.05, 4.69) is 0 Å². The fourth-order valence-corrected chi connectivity index (χ4v) is 3.16. The molecule has 0 saturated heterocycles. The third-order valence-electron chi connectivity index (χ3n) is 4.34. The lowest BCUT2D eigenvalue weighted by molar-refractivity contribution is -0.690. The van der Waals surface area contributed by atoms with Crippen LogP contribution in [0.5, 0.6) is 17.2 Å². The molecule has 1 aliphatic heterocycles. The van der Waals surface area contributed by atoms with E-state index in [4.69, 9.17) is 9.47 Å². The maximum Gasteiger partial charge on any atom is 0.269 e. The van der Waals surface area contributed by atoms with Gasteiger partial charge in [0.05, 0.1) is 25.7 Å². The molecule has 0 aromatic heterocycles. The normalized spacial score (nSPS) is 16.3. The van der Waals surface area contributed by atoms with Crippen LogP contribution in [0.15, 0.2) is 30.3 Å². The first-order chi connectivity index (χ1) is 11.5. The topological polar surface area (TPSA) is 101 Å². The number of nitrogens with zero attached hydrogens (tertiary/aromatic N) is 1. The highest BCUT2D eigenvalue weighted by Crippen LogP contribution is 2.37. The van der Waals surface area contributed by atoms with Crippen LogP contribution in [0.4, 0.5) is 5.69 Å². The summed E-state index contributed by atoms with van der Waals surface area (Å²) in [4.78, 5) is 10.5. The third kappa shape index (κ3) is 2.74. The molecule has 7 nitrogen and oxygen atoms in total. The van der Waals surface area contributed by atoms with Crippen molar-refractivity contribution in [1.29, 1.82) is 0 Å². The number of quaternary nitrogens is 1. The molecule has 2 aromatic carbocycles. The van der Waals surface area contributed by atoms with Crippen molar-refractivity contribution in [3.05, 3.63) is 57.1 Å². The zero-order valence-corrected chi connectivity index (χ0v) is 13.4. The number of nitrogens with two attached hydrogens (primary N) is 1. The third-order valence-corrected chi connectivity index (χ3v) is 4.34. The van der Waals surface area contributed by atoms with Crippen LogP contribution in [-0.2, 0) is 6.42 Å². The van der Waals surface area contributed by atoms with Gasteiger partial charge in [0, 0.05) is 29.7 Å². The molecule has 0 radical (unpaired) electrons. The monoisotopic (exact) mass is 330 g/mol. The van der Waals surface area contributed by atoms with Crippen molar-refractivity contribution in [2.75, 3.05) is 20.8 Å². The van der Waals surface area contributed by atoms with Crippen LogP contribution in [0.2, 0.25) is 0 Å². The Hall–Kier alpha value is -2.80. The van der Waals surface area contributed by atoms with E-state index in [0.29, 0.717) is 17.1 Å². The Morgan fingerprint density at radius 3 is 2.50 bits per heavy atom. The van der Waals surface area contributed by atoms with Gasteiger partial charge in [-0.05, 0) is 17.7 Å². The van der Waals surface area contributed by atoms with Gasteiger partial charge in [-0.25, -0.2) is 0 Å². The molecule has 0 bridgehead atoms. The van der Waals surface area contributed by atoms with Crippen molar-refractivity contribution in [2.45, 2.75) is 12.5 Å². The Morgan fingerprint density at radius 1 is 1.12 bits per heavy atom. The molecule has 1 aliphatic rings. The van der Waals surface area contributed by atoms with Gasteiger partial charge in [0.1, 0.15) is 6.04 Å². The number of non-ortho nitro benzene ring substituents is 1. The van der Waals surface area contributed by atoms with Crippen molar-refractivity contribution in [3.63, 3.8) is 0 Å². The standard InChI is InChI=1S/C17H18N2O5/c1-23-15-7-10-5-6-18-17(12(10)9-16(15)24-2)13-8-11(19(21)22)3-4-14(13)20/h3-4,7-9,17-18,20H,5-6H2,1-2H3/t17-/m0/s1. The molecule has 2 aromatic rings. The first-order valence-electron chi connectivity index (χ1n) is 7.58. The number of benzene rings is 2. The minimum absolute atomic E-state index is 0.0781. The van der Waals surface area contributed by atoms with Crippen molar-refractivity contribution >= 4 is 5.69 Å². The lowest BCUT2D eigenvalue weighted by Crippen LogP contribution is -2.87. The number of nitro groups is 1. The number of ether oxygens (including phenoxy) is 2. The van der Waals surface area contributed by atoms with Gasteiger partial charge in [-0.15, -0.1) is 0 Å². The van der Waals surface area contributed by atoms with Crippen LogP contribution in [0.25, 0.3) is 0 Å². The molecule has 0 spiro atoms. The summed E-state index contributed by atoms with van der Waals surface area (Å²) in [5, 5.41) is 25.3. The number of nitro benzene ring substituents is 1. The number of methoxy groups -OCH3 is 2. The first kappa shape index (κ1) is 16.1. The molecule has 0 unspecified atom stereocenters. The molecule has 126 valence electrons. The average Bonchev–Trinajstić information content (AvgIpc) is 2.60. The second-order valence-corrected chi connectivity index (χ2v) is 5.64. The number of hydrogen-bond acceptors (Lipinski definition) is 5. The molecule has 2 N–H and O–H groups in total. The van der Waals surface area contributed by atoms with Gasteiger partial charge in [0.25, 0.3) is 5.69 Å². The molecule has 3 rings (SSSR count). The van der Waals surface area contributed by atoms with E-state index in [1.807, 2.05) is 17.4 Å². The predicted molar refractivity (Wildman–Crippen MR) is 84.4 cm³/mol. The Labute approximate surface area is 139 Å². The van der Waals surface area contributed by atoms with Gasteiger partial charge in [0.2, 0.25) is 0 Å². The number of rotatable bonds is 4. The highest BCUT2D eigenvalue weighted by molar-refractivity contribution is 5.53. The Balaban J connectivity index is 2.13. The highest BCUT2D eigenvalue weighted by Gasteiger charge is 2.28. The van der Waals surface area contributed by atoms with E-state index >= 15 is 0 Å². The second kappa shape index (κ2) is 6.37. The zero-order chi connectivity index (χ0) is 17.3. The molecule has 7 heteroatoms. The van der Waals surface area contributed by atoms with Crippen LogP contribution in [0.1, 0.15) is 22.7 Å². The maximum atomic E-state index is 12.3. The molecule has 1 atom stereocenters. The number of fused-ring (bicyclic) bond motifs is 1. The fraction of sp³-hybridized carbons (Fsp3) is 0.294. The van der Waals surface area contributed by atoms with Crippen LogP contribution in [-0.4, -0.2) is 25.7 Å². The summed E-state index contributed by atoms with van der Waals surface area (Å²) in [6.45, 7) is 0.787. The summed E-state index contributed by atoms with van der Waals surface area (Å²) < 4.78 is 10.7. The molecule has 0 aliphatic carbocycles. The quantitative estimate of drug-likeness (QED) is 0.663. The SMILES string of the molecule is COc1cc2c(cc1OC)[C@@H](c1cc([N+](=O)[O-])ccc1[O-])[NH2+]CC2. The van der Waals surface area contributed by atoms with Gasteiger partial charge in [-0.3, -0.25) is 10.1 Å². The lowest BCUT2D eigenvalue weighted by Gasteiger charge is -2.28. The summed E-state index contributed by atoms with van der Waals surface area (Å²) in [6.07, 6.45) is 0.829. The zero-order valence-electron chi connectivity index (χ0n) is 13.4. The van der Waals surface area contributed by atoms with E-state index in [-0.39, 0.29) is 17.5 Å². The summed E-state index contributed by atoms with van der Waals surface area (Å²) in [5.41, 5.74) is 2.32. The van der Waals surface area contributed by atoms with Gasteiger partial charge < -0.3 is 19.9 Å². The van der Waals surface area contributed by atoms with Gasteiger partial charge >= 0.3 is 0 Å². The van der Waals surface area contributed by atoms with E-state index in [1.54, 1.807) is 14.2 Å². The summed E-state index contributed by atoms with van der Waals surface area (Å²) in [5.74, 6) is 1.01. The predicted octanol–water partition coefficient (Wildman–Crippen LogP) is 0.894. The molecule has 0 amide bonds. The van der Waals surface area contributed by atoms with E-state index in [1.165, 1.54) is 18.2 Å². The number of hydrogen-bond donors (Lipinski definition) is 1. The van der Waals surface area contributed by atoms with Crippen LogP contribution >= 0.6 is 0 Å². The van der Waals surface area contributed by atoms with Gasteiger partial charge in [-0.2, -0.15) is 0 Å².